The van der Waals surface area contributed by atoms with E-state index in [0.717, 1.165) is 7.11 Å². The normalized spacial score (nSPS) is 44.9. The van der Waals surface area contributed by atoms with Crippen molar-refractivity contribution in [3.05, 3.63) is 23.0 Å². The second-order valence-corrected chi connectivity index (χ2v) is 12.3. The van der Waals surface area contributed by atoms with Gasteiger partial charge >= 0.3 is 17.9 Å². The number of Topliss-reactive ketones (excluding diaryl/α,β-unsaturated/α-hetero) is 1. The van der Waals surface area contributed by atoms with Gasteiger partial charge in [0.25, 0.3) is 0 Å². The standard InChI is InChI=1S/C28H36O11/c1-11(2)12(3)7-17(30)39-20-22-27-10-37-28(22,25(35)36-6)23(33)19(32)21(27)26(5)9-15(29)18(31)13(4)14(26)8-16(27)38-24(20)34/h7,11,14,16,19-23,31-33H,8-10H2,1-6H3/b12-7+/t14?,16-,19-,20-,21?,22?,23+,26+,27-,28+/m1/s1. The fraction of sp³-hybridized carbons (Fsp3) is 0.714. The van der Waals surface area contributed by atoms with Gasteiger partial charge in [-0.1, -0.05) is 26.3 Å². The Labute approximate surface area is 226 Å². The van der Waals surface area contributed by atoms with Gasteiger partial charge in [0.15, 0.2) is 11.5 Å². The van der Waals surface area contributed by atoms with Crippen molar-refractivity contribution >= 4 is 23.7 Å². The highest BCUT2D eigenvalue weighted by Crippen LogP contribution is 2.72. The highest BCUT2D eigenvalue weighted by molar-refractivity contribution is 5.95. The van der Waals surface area contributed by atoms with Gasteiger partial charge in [-0.15, -0.1) is 0 Å². The van der Waals surface area contributed by atoms with Gasteiger partial charge in [0, 0.05) is 23.8 Å². The number of aliphatic hydroxyl groups is 3. The van der Waals surface area contributed by atoms with Crippen molar-refractivity contribution in [2.75, 3.05) is 13.7 Å². The lowest BCUT2D eigenvalue weighted by molar-refractivity contribution is -0.290. The Hall–Kier alpha value is -2.76. The molecule has 5 rings (SSSR count). The smallest absolute Gasteiger partial charge is 0.348 e. The molecule has 39 heavy (non-hydrogen) atoms. The monoisotopic (exact) mass is 548 g/mol. The lowest BCUT2D eigenvalue weighted by Crippen LogP contribution is -2.79. The van der Waals surface area contributed by atoms with Crippen molar-refractivity contribution in [2.45, 2.75) is 77.5 Å². The molecule has 2 saturated heterocycles. The number of esters is 3. The summed E-state index contributed by atoms with van der Waals surface area (Å²) in [6, 6.07) is 0. The molecule has 2 bridgehead atoms. The first-order valence-electron chi connectivity index (χ1n) is 13.3. The highest BCUT2D eigenvalue weighted by atomic mass is 16.6. The Morgan fingerprint density at radius 3 is 2.46 bits per heavy atom. The van der Waals surface area contributed by atoms with E-state index in [-0.39, 0.29) is 31.1 Å². The largest absolute Gasteiger partial charge is 0.504 e. The average molecular weight is 549 g/mol. The molecule has 3 N–H and O–H groups in total. The summed E-state index contributed by atoms with van der Waals surface area (Å²) in [6.07, 6.45) is -4.75. The van der Waals surface area contributed by atoms with Crippen LogP contribution in [-0.4, -0.2) is 82.7 Å². The Balaban J connectivity index is 1.71. The van der Waals surface area contributed by atoms with E-state index in [4.69, 9.17) is 18.9 Å². The predicted octanol–water partition coefficient (Wildman–Crippen LogP) is 1.15. The molecule has 11 nitrogen and oxygen atoms in total. The van der Waals surface area contributed by atoms with Crippen molar-refractivity contribution in [1.82, 2.24) is 0 Å². The zero-order valence-corrected chi connectivity index (χ0v) is 22.9. The molecule has 10 atom stereocenters. The number of fused-ring (bicyclic) bond motifs is 2. The van der Waals surface area contributed by atoms with Crippen LogP contribution in [0.3, 0.4) is 0 Å². The van der Waals surface area contributed by atoms with Crippen LogP contribution in [0.5, 0.6) is 0 Å². The summed E-state index contributed by atoms with van der Waals surface area (Å²) < 4.78 is 22.7. The second kappa shape index (κ2) is 8.87. The molecule has 3 unspecified atom stereocenters. The van der Waals surface area contributed by atoms with E-state index in [1.807, 2.05) is 13.8 Å². The maximum Gasteiger partial charge on any atom is 0.348 e. The predicted molar refractivity (Wildman–Crippen MR) is 132 cm³/mol. The van der Waals surface area contributed by atoms with Crippen molar-refractivity contribution in [1.29, 1.82) is 0 Å². The van der Waals surface area contributed by atoms with Crippen LogP contribution in [-0.2, 0) is 38.1 Å². The first-order chi connectivity index (χ1) is 18.2. The molecule has 11 heteroatoms. The van der Waals surface area contributed by atoms with Gasteiger partial charge in [-0.25, -0.2) is 14.4 Å². The Morgan fingerprint density at radius 2 is 1.85 bits per heavy atom. The number of aliphatic hydroxyl groups excluding tert-OH is 3. The third-order valence-electron chi connectivity index (χ3n) is 10.3. The van der Waals surface area contributed by atoms with Crippen LogP contribution >= 0.6 is 0 Å². The summed E-state index contributed by atoms with van der Waals surface area (Å²) in [5.41, 5.74) is -3.43. The molecule has 0 aromatic heterocycles. The van der Waals surface area contributed by atoms with Gasteiger partial charge in [0.1, 0.15) is 12.2 Å². The molecule has 5 aliphatic rings. The van der Waals surface area contributed by atoms with Gasteiger partial charge in [0.05, 0.1) is 25.7 Å². The van der Waals surface area contributed by atoms with Crippen LogP contribution in [0.25, 0.3) is 0 Å². The van der Waals surface area contributed by atoms with Gasteiger partial charge in [-0.05, 0) is 43.1 Å². The average Bonchev–Trinajstić information content (AvgIpc) is 3.18. The molecule has 2 aliphatic heterocycles. The minimum atomic E-state index is -2.22. The van der Waals surface area contributed by atoms with Crippen LogP contribution < -0.4 is 0 Å². The summed E-state index contributed by atoms with van der Waals surface area (Å²) in [5.74, 6) is -6.26. The maximum atomic E-state index is 13.5. The molecule has 4 fully saturated rings. The number of carbonyl (C=O) groups excluding carboxylic acids is 4. The quantitative estimate of drug-likeness (QED) is 0.262. The third-order valence-corrected chi connectivity index (χ3v) is 10.3. The number of methoxy groups -OCH3 is 1. The minimum absolute atomic E-state index is 0.0302. The van der Waals surface area contributed by atoms with Crippen molar-refractivity contribution < 1.29 is 53.4 Å². The van der Waals surface area contributed by atoms with E-state index in [1.165, 1.54) is 6.08 Å². The number of ether oxygens (including phenoxy) is 4. The number of hydrogen-bond donors (Lipinski definition) is 3. The molecule has 3 aliphatic carbocycles. The van der Waals surface area contributed by atoms with E-state index in [2.05, 4.69) is 0 Å². The third kappa shape index (κ3) is 3.39. The lowest BCUT2D eigenvalue weighted by atomic mass is 9.38. The Bertz CT molecular complexity index is 1200. The molecular formula is C28H36O11. The fourth-order valence-electron chi connectivity index (χ4n) is 8.37. The minimum Gasteiger partial charge on any atom is -0.504 e. The lowest BCUT2D eigenvalue weighted by Gasteiger charge is -2.67. The van der Waals surface area contributed by atoms with Crippen LogP contribution in [0.1, 0.15) is 47.5 Å². The maximum absolute atomic E-state index is 13.5. The van der Waals surface area contributed by atoms with Crippen LogP contribution in [0, 0.1) is 34.5 Å². The number of hydrogen-bond acceptors (Lipinski definition) is 11. The summed E-state index contributed by atoms with van der Waals surface area (Å²) in [5, 5.41) is 33.7. The highest BCUT2D eigenvalue weighted by Gasteiger charge is 2.85. The first kappa shape index (κ1) is 27.8. The molecule has 0 amide bonds. The summed E-state index contributed by atoms with van der Waals surface area (Å²) in [6.45, 7) is 8.72. The second-order valence-electron chi connectivity index (χ2n) is 12.3. The van der Waals surface area contributed by atoms with Crippen molar-refractivity contribution in [3.8, 4) is 0 Å². The molecule has 1 spiro atoms. The Kier molecular flexibility index (Phi) is 6.32. The van der Waals surface area contributed by atoms with Gasteiger partial charge in [-0.2, -0.15) is 0 Å². The van der Waals surface area contributed by atoms with Gasteiger partial charge in [0.2, 0.25) is 11.7 Å². The zero-order valence-electron chi connectivity index (χ0n) is 22.9. The van der Waals surface area contributed by atoms with Crippen LogP contribution in [0.15, 0.2) is 23.0 Å². The molecular weight excluding hydrogens is 512 g/mol. The molecule has 2 saturated carbocycles. The topological polar surface area (TPSA) is 166 Å². The fourth-order valence-corrected chi connectivity index (χ4v) is 8.37. The van der Waals surface area contributed by atoms with Crippen LogP contribution in [0.2, 0.25) is 0 Å². The number of allylic oxidation sites excluding steroid dienone is 3. The van der Waals surface area contributed by atoms with E-state index in [9.17, 15) is 34.5 Å². The summed E-state index contributed by atoms with van der Waals surface area (Å²) in [4.78, 5) is 52.8. The molecule has 0 aromatic carbocycles. The molecule has 0 aromatic rings. The van der Waals surface area contributed by atoms with Gasteiger partial charge in [-0.3, -0.25) is 4.79 Å². The van der Waals surface area contributed by atoms with Crippen molar-refractivity contribution in [3.63, 3.8) is 0 Å². The zero-order chi connectivity index (χ0) is 28.8. The van der Waals surface area contributed by atoms with E-state index < -0.39 is 82.3 Å². The summed E-state index contributed by atoms with van der Waals surface area (Å²) in [7, 11) is 1.10. The first-order valence-corrected chi connectivity index (χ1v) is 13.3. The SMILES string of the molecule is COC(=O)[C@@]12OC[C@]34C([C@@H](O)[C@@H]1O)[C@@]1(C)CC(=O)C(O)=C(C)C1C[C@H]3OC(=O)[C@H](OC(=O)/C=C(\C)C(C)C)C42. The number of ketones is 1. The number of rotatable bonds is 4. The molecule has 2 heterocycles. The van der Waals surface area contributed by atoms with E-state index in [1.54, 1.807) is 20.8 Å². The molecule has 214 valence electrons. The summed E-state index contributed by atoms with van der Waals surface area (Å²) >= 11 is 0. The van der Waals surface area contributed by atoms with Crippen molar-refractivity contribution in [2.24, 2.45) is 34.5 Å². The molecule has 0 radical (unpaired) electrons. The number of carbonyl (C=O) groups is 4. The van der Waals surface area contributed by atoms with Crippen LogP contribution in [0.4, 0.5) is 0 Å². The van der Waals surface area contributed by atoms with E-state index >= 15 is 0 Å². The Morgan fingerprint density at radius 1 is 1.18 bits per heavy atom. The van der Waals surface area contributed by atoms with Gasteiger partial charge < -0.3 is 34.3 Å². The van der Waals surface area contributed by atoms with E-state index in [0.29, 0.717) is 11.1 Å².